The van der Waals surface area contributed by atoms with E-state index in [0.29, 0.717) is 6.04 Å². The third-order valence-corrected chi connectivity index (χ3v) is 4.68. The second-order valence-corrected chi connectivity index (χ2v) is 5.84. The van der Waals surface area contributed by atoms with Crippen LogP contribution in [0.3, 0.4) is 0 Å². The minimum absolute atomic E-state index is 0.346. The van der Waals surface area contributed by atoms with Crippen molar-refractivity contribution in [3.05, 3.63) is 59.8 Å². The highest BCUT2D eigenvalue weighted by Gasteiger charge is 2.28. The summed E-state index contributed by atoms with van der Waals surface area (Å²) in [5.74, 6) is 0. The monoisotopic (exact) mass is 265 g/mol. The van der Waals surface area contributed by atoms with E-state index in [4.69, 9.17) is 0 Å². The molecule has 0 bridgehead atoms. The van der Waals surface area contributed by atoms with E-state index in [1.54, 1.807) is 0 Å². The van der Waals surface area contributed by atoms with Crippen molar-refractivity contribution in [2.24, 2.45) is 0 Å². The molecular weight excluding hydrogens is 246 g/mol. The van der Waals surface area contributed by atoms with E-state index < -0.39 is 0 Å². The lowest BCUT2D eigenvalue weighted by atomic mass is 9.93. The van der Waals surface area contributed by atoms with Gasteiger partial charge in [0, 0.05) is 30.3 Å². The zero-order chi connectivity index (χ0) is 13.7. The van der Waals surface area contributed by atoms with Crippen molar-refractivity contribution >= 4 is 5.69 Å². The number of hydrogen-bond acceptors (Lipinski definition) is 2. The number of hydrogen-bond donors (Lipinski definition) is 0. The second kappa shape index (κ2) is 4.23. The first-order valence-electron chi connectivity index (χ1n) is 7.32. The highest BCUT2D eigenvalue weighted by Crippen LogP contribution is 2.41. The summed E-state index contributed by atoms with van der Waals surface area (Å²) in [5, 5.41) is 0. The molecule has 1 atom stereocenters. The van der Waals surface area contributed by atoms with Gasteiger partial charge in [0.05, 0.1) is 12.4 Å². The molecule has 0 spiro atoms. The van der Waals surface area contributed by atoms with Gasteiger partial charge in [0.1, 0.15) is 0 Å². The van der Waals surface area contributed by atoms with Crippen molar-refractivity contribution < 1.29 is 0 Å². The minimum atomic E-state index is 0.346. The van der Waals surface area contributed by atoms with Crippen molar-refractivity contribution in [1.29, 1.82) is 0 Å². The van der Waals surface area contributed by atoms with Crippen LogP contribution in [0.2, 0.25) is 0 Å². The van der Waals surface area contributed by atoms with Gasteiger partial charge in [-0.1, -0.05) is 18.7 Å². The van der Waals surface area contributed by atoms with Crippen LogP contribution in [0.5, 0.6) is 0 Å². The number of imidazole rings is 1. The van der Waals surface area contributed by atoms with Gasteiger partial charge in [0.2, 0.25) is 0 Å². The molecule has 0 saturated heterocycles. The quantitative estimate of drug-likeness (QED) is 0.830. The Kier molecular flexibility index (Phi) is 2.49. The Labute approximate surface area is 119 Å². The lowest BCUT2D eigenvalue weighted by Gasteiger charge is -2.30. The van der Waals surface area contributed by atoms with Crippen LogP contribution in [0.25, 0.3) is 0 Å². The van der Waals surface area contributed by atoms with Crippen LogP contribution in [-0.2, 0) is 12.8 Å². The third kappa shape index (κ3) is 1.62. The summed E-state index contributed by atoms with van der Waals surface area (Å²) in [4.78, 5) is 6.58. The van der Waals surface area contributed by atoms with Gasteiger partial charge in [0.25, 0.3) is 0 Å². The Hall–Kier alpha value is -2.03. The average molecular weight is 265 g/mol. The molecule has 0 amide bonds. The van der Waals surface area contributed by atoms with Crippen LogP contribution < -0.4 is 4.90 Å². The second-order valence-electron chi connectivity index (χ2n) is 5.84. The average Bonchev–Trinajstić information content (AvgIpc) is 3.12. The highest BCUT2D eigenvalue weighted by molar-refractivity contribution is 5.69. The van der Waals surface area contributed by atoms with Crippen molar-refractivity contribution in [3.63, 3.8) is 0 Å². The number of aromatic nitrogens is 2. The molecule has 2 aliphatic heterocycles. The number of nitrogens with zero attached hydrogens (tertiary/aromatic N) is 3. The van der Waals surface area contributed by atoms with E-state index in [0.717, 1.165) is 25.8 Å². The van der Waals surface area contributed by atoms with Crippen molar-refractivity contribution in [2.45, 2.75) is 32.2 Å². The Morgan fingerprint density at radius 3 is 2.75 bits per heavy atom. The number of anilines is 1. The molecule has 0 saturated carbocycles. The maximum absolute atomic E-state index is 4.21. The fourth-order valence-corrected chi connectivity index (χ4v) is 3.50. The maximum atomic E-state index is 4.21. The predicted molar refractivity (Wildman–Crippen MR) is 81.0 cm³/mol. The molecule has 0 radical (unpaired) electrons. The molecule has 3 heteroatoms. The molecule has 2 aromatic rings. The molecule has 0 aliphatic carbocycles. The first-order valence-corrected chi connectivity index (χ1v) is 7.32. The van der Waals surface area contributed by atoms with E-state index in [1.165, 1.54) is 28.1 Å². The van der Waals surface area contributed by atoms with E-state index >= 15 is 0 Å². The van der Waals surface area contributed by atoms with Gasteiger partial charge in [-0.05, 0) is 42.9 Å². The summed E-state index contributed by atoms with van der Waals surface area (Å²) in [7, 11) is 0. The first-order chi connectivity index (χ1) is 9.74. The summed E-state index contributed by atoms with van der Waals surface area (Å²) in [6.07, 6.45) is 9.15. The summed E-state index contributed by atoms with van der Waals surface area (Å²) in [6.45, 7) is 7.55. The summed E-state index contributed by atoms with van der Waals surface area (Å²) >= 11 is 0. The first kappa shape index (κ1) is 11.8. The molecule has 20 heavy (non-hydrogen) atoms. The summed E-state index contributed by atoms with van der Waals surface area (Å²) < 4.78 is 2.17. The third-order valence-electron chi connectivity index (χ3n) is 4.68. The van der Waals surface area contributed by atoms with Gasteiger partial charge in [-0.25, -0.2) is 4.98 Å². The van der Waals surface area contributed by atoms with Crippen molar-refractivity contribution in [3.8, 4) is 0 Å². The minimum Gasteiger partial charge on any atom is -0.345 e. The Bertz CT molecular complexity index is 670. The smallest absolute Gasteiger partial charge is 0.0951 e. The number of allylic oxidation sites excluding steroid dienone is 1. The highest BCUT2D eigenvalue weighted by atomic mass is 15.2. The van der Waals surface area contributed by atoms with Crippen molar-refractivity contribution in [1.82, 2.24) is 9.55 Å². The van der Waals surface area contributed by atoms with Crippen LogP contribution in [-0.4, -0.2) is 16.1 Å². The van der Waals surface area contributed by atoms with Gasteiger partial charge in [-0.15, -0.1) is 0 Å². The fourth-order valence-electron chi connectivity index (χ4n) is 3.50. The molecule has 0 fully saturated rings. The predicted octanol–water partition coefficient (Wildman–Crippen LogP) is 3.31. The molecule has 1 aromatic carbocycles. The standard InChI is InChI=1S/C17H19N3/c1-12-3-4-14-9-16(13(2)19-8-6-18-11-19)10-15-5-7-20(12)17(14)15/h6,8-11,13H,1,3-5,7H2,2H3. The van der Waals surface area contributed by atoms with E-state index in [2.05, 4.69) is 40.1 Å². The van der Waals surface area contributed by atoms with Crippen LogP contribution in [0, 0.1) is 0 Å². The van der Waals surface area contributed by atoms with Gasteiger partial charge in [-0.3, -0.25) is 0 Å². The molecule has 3 nitrogen and oxygen atoms in total. The van der Waals surface area contributed by atoms with Gasteiger partial charge >= 0.3 is 0 Å². The Balaban J connectivity index is 1.80. The zero-order valence-electron chi connectivity index (χ0n) is 11.8. The normalized spacial score (nSPS) is 18.2. The largest absolute Gasteiger partial charge is 0.345 e. The van der Waals surface area contributed by atoms with E-state index in [1.807, 2.05) is 18.7 Å². The number of rotatable bonds is 2. The SMILES string of the molecule is C=C1CCc2cc(C(C)n3ccnc3)cc3c2N1CC3. The van der Waals surface area contributed by atoms with Crippen LogP contribution >= 0.6 is 0 Å². The fraction of sp³-hybridized carbons (Fsp3) is 0.353. The topological polar surface area (TPSA) is 21.1 Å². The van der Waals surface area contributed by atoms with Crippen LogP contribution in [0.4, 0.5) is 5.69 Å². The molecule has 3 heterocycles. The van der Waals surface area contributed by atoms with Crippen LogP contribution in [0.1, 0.15) is 36.1 Å². The molecule has 1 aromatic heterocycles. The maximum Gasteiger partial charge on any atom is 0.0951 e. The van der Waals surface area contributed by atoms with Gasteiger partial charge in [0.15, 0.2) is 0 Å². The van der Waals surface area contributed by atoms with E-state index in [9.17, 15) is 0 Å². The lowest BCUT2D eigenvalue weighted by Crippen LogP contribution is -2.24. The summed E-state index contributed by atoms with van der Waals surface area (Å²) in [6, 6.07) is 5.11. The molecule has 102 valence electrons. The molecule has 4 rings (SSSR count). The van der Waals surface area contributed by atoms with Crippen LogP contribution in [0.15, 0.2) is 43.1 Å². The summed E-state index contributed by atoms with van der Waals surface area (Å²) in [5.41, 5.74) is 7.11. The zero-order valence-corrected chi connectivity index (χ0v) is 11.8. The van der Waals surface area contributed by atoms with Gasteiger partial charge < -0.3 is 9.47 Å². The Morgan fingerprint density at radius 2 is 2.00 bits per heavy atom. The van der Waals surface area contributed by atoms with E-state index in [-0.39, 0.29) is 0 Å². The molecular formula is C17H19N3. The van der Waals surface area contributed by atoms with Gasteiger partial charge in [-0.2, -0.15) is 0 Å². The Morgan fingerprint density at radius 1 is 1.20 bits per heavy atom. The molecule has 2 aliphatic rings. The van der Waals surface area contributed by atoms with Crippen molar-refractivity contribution in [2.75, 3.05) is 11.4 Å². The molecule has 0 N–H and O–H groups in total. The lowest BCUT2D eigenvalue weighted by molar-refractivity contribution is 0.636. The number of benzene rings is 1. The number of aryl methyl sites for hydroxylation is 1. The molecule has 1 unspecified atom stereocenters.